The lowest BCUT2D eigenvalue weighted by Crippen LogP contribution is -2.41. The highest BCUT2D eigenvalue weighted by molar-refractivity contribution is 6.45. The van der Waals surface area contributed by atoms with Crippen LogP contribution in [0.5, 0.6) is 0 Å². The molecular formula is C13H18BClO2. The number of rotatable bonds is 2. The molecule has 0 N–H and O–H groups in total. The zero-order chi connectivity index (χ0) is 12.7. The predicted octanol–water partition coefficient (Wildman–Crippen LogP) is 3.51. The van der Waals surface area contributed by atoms with Crippen molar-refractivity contribution in [3.05, 3.63) is 34.9 Å². The van der Waals surface area contributed by atoms with E-state index in [2.05, 4.69) is 27.7 Å². The lowest BCUT2D eigenvalue weighted by molar-refractivity contribution is 0.00578. The van der Waals surface area contributed by atoms with Crippen LogP contribution in [0.25, 0.3) is 0 Å². The van der Waals surface area contributed by atoms with Crippen LogP contribution in [0.4, 0.5) is 0 Å². The van der Waals surface area contributed by atoms with Gasteiger partial charge in [-0.3, -0.25) is 0 Å². The second-order valence-corrected chi connectivity index (χ2v) is 5.89. The van der Waals surface area contributed by atoms with Gasteiger partial charge in [0.25, 0.3) is 0 Å². The number of benzene rings is 1. The molecule has 0 saturated carbocycles. The zero-order valence-corrected chi connectivity index (χ0v) is 11.5. The van der Waals surface area contributed by atoms with Crippen molar-refractivity contribution in [2.24, 2.45) is 0 Å². The minimum Gasteiger partial charge on any atom is -0.403 e. The molecule has 0 radical (unpaired) electrons. The fraction of sp³-hybridized carbons (Fsp3) is 0.538. The van der Waals surface area contributed by atoms with Gasteiger partial charge in [0.1, 0.15) is 0 Å². The van der Waals surface area contributed by atoms with E-state index in [1.54, 1.807) is 0 Å². The van der Waals surface area contributed by atoms with E-state index in [0.29, 0.717) is 6.32 Å². The van der Waals surface area contributed by atoms with Crippen LogP contribution in [0.1, 0.15) is 33.3 Å². The van der Waals surface area contributed by atoms with E-state index in [0.717, 1.165) is 10.6 Å². The van der Waals surface area contributed by atoms with Gasteiger partial charge in [-0.05, 0) is 39.3 Å². The highest BCUT2D eigenvalue weighted by atomic mass is 35.5. The normalized spacial score (nSPS) is 21.8. The van der Waals surface area contributed by atoms with Crippen LogP contribution in [-0.4, -0.2) is 18.3 Å². The average Bonchev–Trinajstić information content (AvgIpc) is 2.39. The first-order valence-corrected chi connectivity index (χ1v) is 6.29. The summed E-state index contributed by atoms with van der Waals surface area (Å²) in [6, 6.07) is 7.80. The molecule has 0 aliphatic carbocycles. The fourth-order valence-electron chi connectivity index (χ4n) is 1.89. The highest BCUT2D eigenvalue weighted by Crippen LogP contribution is 2.37. The smallest absolute Gasteiger partial charge is 0.403 e. The molecule has 0 spiro atoms. The summed E-state index contributed by atoms with van der Waals surface area (Å²) in [7, 11) is -0.222. The van der Waals surface area contributed by atoms with E-state index >= 15 is 0 Å². The average molecular weight is 253 g/mol. The highest BCUT2D eigenvalue weighted by Gasteiger charge is 2.50. The maximum absolute atomic E-state index is 6.13. The van der Waals surface area contributed by atoms with E-state index in [1.165, 1.54) is 0 Å². The second-order valence-electron chi connectivity index (χ2n) is 5.48. The van der Waals surface area contributed by atoms with Gasteiger partial charge in [-0.25, -0.2) is 0 Å². The van der Waals surface area contributed by atoms with Crippen LogP contribution in [0.15, 0.2) is 24.3 Å². The van der Waals surface area contributed by atoms with Gasteiger partial charge in [0.05, 0.1) is 11.2 Å². The molecule has 0 amide bonds. The predicted molar refractivity (Wildman–Crippen MR) is 71.2 cm³/mol. The van der Waals surface area contributed by atoms with E-state index in [1.807, 2.05) is 24.3 Å². The Morgan fingerprint density at radius 3 is 2.12 bits per heavy atom. The van der Waals surface area contributed by atoms with Crippen molar-refractivity contribution in [3.63, 3.8) is 0 Å². The molecule has 0 bridgehead atoms. The van der Waals surface area contributed by atoms with Gasteiger partial charge in [-0.15, -0.1) is 0 Å². The van der Waals surface area contributed by atoms with Crippen LogP contribution in [0.3, 0.4) is 0 Å². The van der Waals surface area contributed by atoms with Crippen LogP contribution >= 0.6 is 11.6 Å². The van der Waals surface area contributed by atoms with Crippen molar-refractivity contribution in [3.8, 4) is 0 Å². The Morgan fingerprint density at radius 1 is 1.06 bits per heavy atom. The number of hydrogen-bond acceptors (Lipinski definition) is 2. The topological polar surface area (TPSA) is 18.5 Å². The third-order valence-corrected chi connectivity index (χ3v) is 4.02. The number of hydrogen-bond donors (Lipinski definition) is 0. The SMILES string of the molecule is CC1(C)OB(Cc2ccccc2Cl)OC1(C)C. The van der Waals surface area contributed by atoms with Crippen molar-refractivity contribution in [2.75, 3.05) is 0 Å². The second kappa shape index (κ2) is 4.31. The van der Waals surface area contributed by atoms with Gasteiger partial charge in [-0.1, -0.05) is 29.8 Å². The monoisotopic (exact) mass is 252 g/mol. The van der Waals surface area contributed by atoms with Crippen LogP contribution in [0.2, 0.25) is 5.02 Å². The van der Waals surface area contributed by atoms with Crippen molar-refractivity contribution in [1.29, 1.82) is 0 Å². The molecule has 4 heteroatoms. The summed E-state index contributed by atoms with van der Waals surface area (Å²) in [6.07, 6.45) is 0.687. The first-order valence-electron chi connectivity index (χ1n) is 5.91. The van der Waals surface area contributed by atoms with Crippen LogP contribution < -0.4 is 0 Å². The summed E-state index contributed by atoms with van der Waals surface area (Å²) in [5.74, 6) is 0. The summed E-state index contributed by atoms with van der Waals surface area (Å²) < 4.78 is 11.9. The van der Waals surface area contributed by atoms with Gasteiger partial charge in [0, 0.05) is 11.3 Å². The Balaban J connectivity index is 2.11. The van der Waals surface area contributed by atoms with Gasteiger partial charge in [0.15, 0.2) is 0 Å². The van der Waals surface area contributed by atoms with E-state index < -0.39 is 0 Å². The van der Waals surface area contributed by atoms with Gasteiger partial charge < -0.3 is 9.31 Å². The fourth-order valence-corrected chi connectivity index (χ4v) is 2.10. The largest absolute Gasteiger partial charge is 0.462 e. The van der Waals surface area contributed by atoms with Crippen LogP contribution in [0, 0.1) is 0 Å². The quantitative estimate of drug-likeness (QED) is 0.750. The molecule has 92 valence electrons. The maximum Gasteiger partial charge on any atom is 0.462 e. The van der Waals surface area contributed by atoms with Gasteiger partial charge in [0.2, 0.25) is 0 Å². The summed E-state index contributed by atoms with van der Waals surface area (Å²) in [5, 5.41) is 0.766. The van der Waals surface area contributed by atoms with Gasteiger partial charge >= 0.3 is 7.12 Å². The summed E-state index contributed by atoms with van der Waals surface area (Å²) >= 11 is 6.13. The minimum atomic E-state index is -0.279. The van der Waals surface area contributed by atoms with E-state index in [4.69, 9.17) is 20.9 Å². The molecule has 2 nitrogen and oxygen atoms in total. The Hall–Kier alpha value is -0.505. The third-order valence-electron chi connectivity index (χ3n) is 3.65. The summed E-state index contributed by atoms with van der Waals surface area (Å²) in [6.45, 7) is 8.22. The summed E-state index contributed by atoms with van der Waals surface area (Å²) in [4.78, 5) is 0. The lowest BCUT2D eigenvalue weighted by Gasteiger charge is -2.32. The van der Waals surface area contributed by atoms with Gasteiger partial charge in [-0.2, -0.15) is 0 Å². The zero-order valence-electron chi connectivity index (χ0n) is 10.8. The molecule has 1 aliphatic rings. The van der Waals surface area contributed by atoms with Crippen molar-refractivity contribution >= 4 is 18.7 Å². The Morgan fingerprint density at radius 2 is 1.59 bits per heavy atom. The molecule has 1 saturated heterocycles. The maximum atomic E-state index is 6.13. The van der Waals surface area contributed by atoms with E-state index in [-0.39, 0.29) is 18.3 Å². The molecule has 2 rings (SSSR count). The standard InChI is InChI=1S/C13H18BClO2/c1-12(2)13(3,4)17-14(16-12)9-10-7-5-6-8-11(10)15/h5-8H,9H2,1-4H3. The Labute approximate surface area is 108 Å². The first kappa shape index (κ1) is 12.9. The molecule has 1 aromatic rings. The van der Waals surface area contributed by atoms with Crippen molar-refractivity contribution < 1.29 is 9.31 Å². The van der Waals surface area contributed by atoms with Crippen molar-refractivity contribution in [2.45, 2.75) is 45.2 Å². The Kier molecular flexibility index (Phi) is 3.28. The molecule has 0 unspecified atom stereocenters. The first-order chi connectivity index (χ1) is 7.82. The molecule has 0 aromatic heterocycles. The molecule has 1 aliphatic heterocycles. The third kappa shape index (κ3) is 2.52. The molecule has 1 aromatic carbocycles. The molecule has 1 heterocycles. The molecule has 17 heavy (non-hydrogen) atoms. The molecule has 1 fully saturated rings. The van der Waals surface area contributed by atoms with Crippen LogP contribution in [-0.2, 0) is 15.6 Å². The minimum absolute atomic E-state index is 0.222. The molecular weight excluding hydrogens is 234 g/mol. The lowest BCUT2D eigenvalue weighted by atomic mass is 9.81. The molecule has 0 atom stereocenters. The Bertz CT molecular complexity index is 402. The van der Waals surface area contributed by atoms with E-state index in [9.17, 15) is 0 Å². The summed E-state index contributed by atoms with van der Waals surface area (Å²) in [5.41, 5.74) is 0.505. The van der Waals surface area contributed by atoms with Crippen molar-refractivity contribution in [1.82, 2.24) is 0 Å². The number of halogens is 1.